The first-order chi connectivity index (χ1) is 11.7. The van der Waals surface area contributed by atoms with Crippen LogP contribution in [-0.4, -0.2) is 19.8 Å². The molecule has 1 rings (SSSR count). The molecule has 2 N–H and O–H groups in total. The third-order valence-corrected chi connectivity index (χ3v) is 4.56. The lowest BCUT2D eigenvalue weighted by Gasteiger charge is -2.32. The smallest absolute Gasteiger partial charge is 0.0957 e. The number of ether oxygens (including phenoxy) is 1. The van der Waals surface area contributed by atoms with Gasteiger partial charge in [-0.05, 0) is 36.3 Å². The summed E-state index contributed by atoms with van der Waals surface area (Å²) in [5, 5.41) is 6.71. The van der Waals surface area contributed by atoms with E-state index >= 15 is 0 Å². The highest BCUT2D eigenvalue weighted by molar-refractivity contribution is 5.46. The van der Waals surface area contributed by atoms with Gasteiger partial charge in [-0.25, -0.2) is 0 Å². The maximum Gasteiger partial charge on any atom is 0.0957 e. The Hall–Kier alpha value is -1.48. The van der Waals surface area contributed by atoms with Crippen LogP contribution in [0.25, 0.3) is 0 Å². The summed E-state index contributed by atoms with van der Waals surface area (Å²) in [5.74, 6) is 1.52. The second kappa shape index (κ2) is 9.86. The molecule has 0 amide bonds. The lowest BCUT2D eigenvalue weighted by molar-refractivity contribution is 0.00219. The summed E-state index contributed by atoms with van der Waals surface area (Å²) in [6.07, 6.45) is 2.25. The van der Waals surface area contributed by atoms with Gasteiger partial charge in [0, 0.05) is 17.6 Å². The zero-order valence-electron chi connectivity index (χ0n) is 17.1. The van der Waals surface area contributed by atoms with Crippen molar-refractivity contribution in [3.05, 3.63) is 42.7 Å². The second-order valence-electron chi connectivity index (χ2n) is 8.74. The minimum atomic E-state index is 0.0925. The van der Waals surface area contributed by atoms with E-state index in [1.165, 1.54) is 6.42 Å². The third kappa shape index (κ3) is 8.97. The van der Waals surface area contributed by atoms with Crippen LogP contribution in [0.2, 0.25) is 0 Å². The van der Waals surface area contributed by atoms with Crippen molar-refractivity contribution in [2.75, 3.05) is 25.1 Å². The minimum Gasteiger partial charge on any atom is -0.380 e. The van der Waals surface area contributed by atoms with Crippen LogP contribution >= 0.6 is 0 Å². The van der Waals surface area contributed by atoms with Crippen molar-refractivity contribution in [2.45, 2.75) is 54.4 Å². The predicted molar refractivity (Wildman–Crippen MR) is 110 cm³/mol. The fraction of sp³-hybridized carbons (Fsp3) is 0.636. The molecule has 1 aromatic carbocycles. The lowest BCUT2D eigenvalue weighted by atomic mass is 9.84. The van der Waals surface area contributed by atoms with Gasteiger partial charge in [-0.1, -0.05) is 66.3 Å². The SMILES string of the molecule is C=C(NCC(C)(CC)COCC(C)(C)CC(C)C)Nc1ccccc1. The standard InChI is InChI=1S/C22H38N2O/c1-8-22(7,17-25-16-21(5,6)14-18(2)3)15-23-19(4)24-20-12-10-9-11-13-20/h9-13,18,23-24H,4,8,14-17H2,1-3,5-7H3. The van der Waals surface area contributed by atoms with Gasteiger partial charge in [0.15, 0.2) is 0 Å². The molecule has 0 fully saturated rings. The summed E-state index contributed by atoms with van der Waals surface area (Å²) < 4.78 is 6.12. The van der Waals surface area contributed by atoms with Crippen LogP contribution in [0.3, 0.4) is 0 Å². The van der Waals surface area contributed by atoms with Gasteiger partial charge in [-0.3, -0.25) is 0 Å². The van der Waals surface area contributed by atoms with Gasteiger partial charge >= 0.3 is 0 Å². The zero-order chi connectivity index (χ0) is 18.9. The number of anilines is 1. The van der Waals surface area contributed by atoms with E-state index < -0.39 is 0 Å². The van der Waals surface area contributed by atoms with Crippen molar-refractivity contribution < 1.29 is 4.74 Å². The Labute approximate surface area is 155 Å². The molecule has 3 heteroatoms. The average Bonchev–Trinajstić information content (AvgIpc) is 2.52. The Kier molecular flexibility index (Phi) is 8.51. The van der Waals surface area contributed by atoms with E-state index in [0.29, 0.717) is 5.92 Å². The van der Waals surface area contributed by atoms with Gasteiger partial charge in [0.05, 0.1) is 19.0 Å². The van der Waals surface area contributed by atoms with Crippen LogP contribution in [0.5, 0.6) is 0 Å². The van der Waals surface area contributed by atoms with Crippen LogP contribution in [0.1, 0.15) is 54.4 Å². The van der Waals surface area contributed by atoms with Crippen molar-refractivity contribution in [3.63, 3.8) is 0 Å². The summed E-state index contributed by atoms with van der Waals surface area (Å²) in [6.45, 7) is 20.1. The van der Waals surface area contributed by atoms with Crippen molar-refractivity contribution >= 4 is 5.69 Å². The summed E-state index contributed by atoms with van der Waals surface area (Å²) in [4.78, 5) is 0. The van der Waals surface area contributed by atoms with Gasteiger partial charge in [0.1, 0.15) is 0 Å². The van der Waals surface area contributed by atoms with Crippen LogP contribution in [0.15, 0.2) is 42.7 Å². The molecular weight excluding hydrogens is 308 g/mol. The summed E-state index contributed by atoms with van der Waals surface area (Å²) >= 11 is 0. The molecule has 0 bridgehead atoms. The van der Waals surface area contributed by atoms with E-state index in [-0.39, 0.29) is 10.8 Å². The summed E-state index contributed by atoms with van der Waals surface area (Å²) in [7, 11) is 0. The van der Waals surface area contributed by atoms with Gasteiger partial charge in [0.2, 0.25) is 0 Å². The topological polar surface area (TPSA) is 33.3 Å². The molecule has 3 nitrogen and oxygen atoms in total. The van der Waals surface area contributed by atoms with E-state index in [2.05, 4.69) is 58.8 Å². The number of hydrogen-bond acceptors (Lipinski definition) is 3. The first kappa shape index (κ1) is 21.6. The highest BCUT2D eigenvalue weighted by Crippen LogP contribution is 2.27. The molecule has 1 aromatic rings. The number of rotatable bonds is 12. The highest BCUT2D eigenvalue weighted by atomic mass is 16.5. The summed E-state index contributed by atoms with van der Waals surface area (Å²) in [6, 6.07) is 10.1. The molecule has 0 radical (unpaired) electrons. The Bertz CT molecular complexity index is 510. The maximum absolute atomic E-state index is 6.12. The second-order valence-corrected chi connectivity index (χ2v) is 8.74. The molecule has 25 heavy (non-hydrogen) atoms. The fourth-order valence-corrected chi connectivity index (χ4v) is 3.08. The number of nitrogens with one attached hydrogen (secondary N) is 2. The van der Waals surface area contributed by atoms with Crippen LogP contribution in [0.4, 0.5) is 5.69 Å². The Morgan fingerprint density at radius 1 is 1.12 bits per heavy atom. The largest absolute Gasteiger partial charge is 0.380 e. The normalized spacial score (nSPS) is 14.2. The molecule has 0 aliphatic carbocycles. The molecule has 1 unspecified atom stereocenters. The molecule has 0 saturated carbocycles. The van der Waals surface area contributed by atoms with Gasteiger partial charge in [-0.15, -0.1) is 0 Å². The minimum absolute atomic E-state index is 0.0925. The lowest BCUT2D eigenvalue weighted by Crippen LogP contribution is -2.37. The molecule has 0 aromatic heterocycles. The maximum atomic E-state index is 6.12. The van der Waals surface area contributed by atoms with Crippen molar-refractivity contribution in [1.82, 2.24) is 5.32 Å². The van der Waals surface area contributed by atoms with Crippen molar-refractivity contribution in [3.8, 4) is 0 Å². The molecule has 0 aliphatic rings. The Morgan fingerprint density at radius 2 is 1.76 bits per heavy atom. The van der Waals surface area contributed by atoms with Gasteiger partial charge in [-0.2, -0.15) is 0 Å². The molecule has 0 heterocycles. The highest BCUT2D eigenvalue weighted by Gasteiger charge is 2.25. The molecule has 0 aliphatic heterocycles. The first-order valence-electron chi connectivity index (χ1n) is 9.48. The van der Waals surface area contributed by atoms with Crippen molar-refractivity contribution in [1.29, 1.82) is 0 Å². The van der Waals surface area contributed by atoms with Crippen molar-refractivity contribution in [2.24, 2.45) is 16.7 Å². The van der Waals surface area contributed by atoms with Gasteiger partial charge < -0.3 is 15.4 Å². The molecule has 0 saturated heterocycles. The molecule has 0 spiro atoms. The zero-order valence-corrected chi connectivity index (χ0v) is 17.1. The average molecular weight is 347 g/mol. The van der Waals surface area contributed by atoms with E-state index in [1.807, 2.05) is 30.3 Å². The predicted octanol–water partition coefficient (Wildman–Crippen LogP) is 5.66. The number of benzene rings is 1. The molecule has 1 atom stereocenters. The summed E-state index contributed by atoms with van der Waals surface area (Å²) in [5.41, 5.74) is 1.37. The molecule has 142 valence electrons. The van der Waals surface area contributed by atoms with E-state index in [1.54, 1.807) is 0 Å². The van der Waals surface area contributed by atoms with Crippen LogP contribution in [0, 0.1) is 16.7 Å². The molecular formula is C22H38N2O. The fourth-order valence-electron chi connectivity index (χ4n) is 3.08. The number of para-hydroxylation sites is 1. The number of hydrogen-bond donors (Lipinski definition) is 2. The third-order valence-electron chi connectivity index (χ3n) is 4.56. The van der Waals surface area contributed by atoms with Gasteiger partial charge in [0.25, 0.3) is 0 Å². The Balaban J connectivity index is 2.41. The quantitative estimate of drug-likeness (QED) is 0.512. The van der Waals surface area contributed by atoms with Crippen LogP contribution < -0.4 is 10.6 Å². The van der Waals surface area contributed by atoms with Crippen LogP contribution in [-0.2, 0) is 4.74 Å². The Morgan fingerprint density at radius 3 is 2.32 bits per heavy atom. The first-order valence-corrected chi connectivity index (χ1v) is 9.48. The van der Waals surface area contributed by atoms with E-state index in [4.69, 9.17) is 4.74 Å². The van der Waals surface area contributed by atoms with E-state index in [9.17, 15) is 0 Å². The van der Waals surface area contributed by atoms with E-state index in [0.717, 1.165) is 37.7 Å². The monoisotopic (exact) mass is 346 g/mol.